The number of hydrogen-bond donors (Lipinski definition) is 3. The monoisotopic (exact) mass is 130 g/mol. The van der Waals surface area contributed by atoms with Crippen molar-refractivity contribution in [2.75, 3.05) is 13.1 Å². The van der Waals surface area contributed by atoms with E-state index in [0.717, 1.165) is 13.1 Å². The normalized spacial score (nSPS) is 45.0. The van der Waals surface area contributed by atoms with Crippen LogP contribution >= 0.6 is 0 Å². The first-order chi connectivity index (χ1) is 4.22. The van der Waals surface area contributed by atoms with Crippen molar-refractivity contribution in [3.8, 4) is 0 Å². The third kappa shape index (κ3) is 1.41. The van der Waals surface area contributed by atoms with E-state index < -0.39 is 0 Å². The van der Waals surface area contributed by atoms with Gasteiger partial charge in [-0.1, -0.05) is 6.92 Å². The van der Waals surface area contributed by atoms with E-state index in [0.29, 0.717) is 5.92 Å². The van der Waals surface area contributed by atoms with Gasteiger partial charge in [0.25, 0.3) is 0 Å². The summed E-state index contributed by atoms with van der Waals surface area (Å²) in [4.78, 5) is 0. The van der Waals surface area contributed by atoms with Crippen molar-refractivity contribution < 1.29 is 5.11 Å². The summed E-state index contributed by atoms with van der Waals surface area (Å²) in [5.41, 5.74) is 5.56. The molecular weight excluding hydrogens is 116 g/mol. The van der Waals surface area contributed by atoms with Crippen LogP contribution in [0.1, 0.15) is 6.92 Å². The lowest BCUT2D eigenvalue weighted by atomic mass is 9.95. The molecule has 3 heteroatoms. The molecule has 0 saturated carbocycles. The molecule has 1 rings (SSSR count). The molecule has 3 nitrogen and oxygen atoms in total. The van der Waals surface area contributed by atoms with Crippen LogP contribution in [-0.4, -0.2) is 30.3 Å². The molecule has 1 fully saturated rings. The second-order valence-corrected chi connectivity index (χ2v) is 2.79. The van der Waals surface area contributed by atoms with Gasteiger partial charge >= 0.3 is 0 Å². The van der Waals surface area contributed by atoms with Gasteiger partial charge in [-0.05, 0) is 5.92 Å². The number of nitrogens with two attached hydrogens (primary N) is 1. The predicted octanol–water partition coefficient (Wildman–Crippen LogP) is -1.09. The molecule has 0 aromatic heterocycles. The Balaban J connectivity index is 2.41. The van der Waals surface area contributed by atoms with Gasteiger partial charge in [-0.3, -0.25) is 0 Å². The Bertz CT molecular complexity index is 87.1. The highest BCUT2D eigenvalue weighted by molar-refractivity contribution is 4.84. The number of aliphatic hydroxyl groups is 1. The third-order valence-electron chi connectivity index (χ3n) is 1.87. The summed E-state index contributed by atoms with van der Waals surface area (Å²) in [5.74, 6) is 0.300. The van der Waals surface area contributed by atoms with E-state index in [1.165, 1.54) is 0 Å². The largest absolute Gasteiger partial charge is 0.391 e. The Labute approximate surface area is 55.2 Å². The molecule has 0 unspecified atom stereocenters. The van der Waals surface area contributed by atoms with Crippen molar-refractivity contribution in [2.45, 2.75) is 19.1 Å². The van der Waals surface area contributed by atoms with Crippen molar-refractivity contribution in [1.82, 2.24) is 5.32 Å². The summed E-state index contributed by atoms with van der Waals surface area (Å²) >= 11 is 0. The third-order valence-corrected chi connectivity index (χ3v) is 1.87. The molecule has 0 aliphatic carbocycles. The Morgan fingerprint density at radius 1 is 1.56 bits per heavy atom. The highest BCUT2D eigenvalue weighted by Crippen LogP contribution is 2.08. The molecule has 0 amide bonds. The van der Waals surface area contributed by atoms with Gasteiger partial charge < -0.3 is 16.2 Å². The lowest BCUT2D eigenvalue weighted by Crippen LogP contribution is -2.53. The molecule has 1 heterocycles. The van der Waals surface area contributed by atoms with E-state index in [-0.39, 0.29) is 12.1 Å². The van der Waals surface area contributed by atoms with Gasteiger partial charge in [-0.15, -0.1) is 0 Å². The number of hydrogen-bond acceptors (Lipinski definition) is 3. The average molecular weight is 130 g/mol. The van der Waals surface area contributed by atoms with Gasteiger partial charge in [0, 0.05) is 19.1 Å². The van der Waals surface area contributed by atoms with E-state index in [2.05, 4.69) is 5.32 Å². The summed E-state index contributed by atoms with van der Waals surface area (Å²) in [6.07, 6.45) is -0.314. The first-order valence-corrected chi connectivity index (χ1v) is 3.36. The molecule has 3 atom stereocenters. The standard InChI is InChI=1S/C6H14N2O/c1-4-2-8-3-5(7)6(4)9/h4-6,8-9H,2-3,7H2,1H3/t4-,5+,6+/m0/s1. The molecule has 1 aliphatic heterocycles. The molecule has 0 spiro atoms. The van der Waals surface area contributed by atoms with Gasteiger partial charge in [0.2, 0.25) is 0 Å². The maximum atomic E-state index is 9.28. The number of aliphatic hydroxyl groups excluding tert-OH is 1. The smallest absolute Gasteiger partial charge is 0.0741 e. The van der Waals surface area contributed by atoms with Crippen LogP contribution in [0.25, 0.3) is 0 Å². The van der Waals surface area contributed by atoms with Crippen LogP contribution in [0.5, 0.6) is 0 Å². The summed E-state index contributed by atoms with van der Waals surface area (Å²) in [6.45, 7) is 3.62. The first kappa shape index (κ1) is 6.99. The van der Waals surface area contributed by atoms with Crippen LogP contribution in [0.4, 0.5) is 0 Å². The van der Waals surface area contributed by atoms with E-state index in [9.17, 15) is 5.11 Å². The summed E-state index contributed by atoms with van der Waals surface area (Å²) in [7, 11) is 0. The highest BCUT2D eigenvalue weighted by Gasteiger charge is 2.25. The van der Waals surface area contributed by atoms with E-state index >= 15 is 0 Å². The van der Waals surface area contributed by atoms with Gasteiger partial charge in [0.05, 0.1) is 6.10 Å². The minimum atomic E-state index is -0.314. The molecule has 54 valence electrons. The quantitative estimate of drug-likeness (QED) is 0.390. The topological polar surface area (TPSA) is 58.3 Å². The van der Waals surface area contributed by atoms with Gasteiger partial charge in [0.15, 0.2) is 0 Å². The SMILES string of the molecule is C[C@H]1CNC[C@@H](N)[C@@H]1O. The Morgan fingerprint density at radius 2 is 2.22 bits per heavy atom. The van der Waals surface area contributed by atoms with E-state index in [4.69, 9.17) is 5.73 Å². The van der Waals surface area contributed by atoms with Crippen molar-refractivity contribution in [3.63, 3.8) is 0 Å². The van der Waals surface area contributed by atoms with E-state index in [1.807, 2.05) is 6.92 Å². The number of rotatable bonds is 0. The molecule has 1 saturated heterocycles. The zero-order valence-electron chi connectivity index (χ0n) is 5.67. The molecule has 0 aromatic rings. The van der Waals surface area contributed by atoms with Gasteiger partial charge in [0.1, 0.15) is 0 Å². The predicted molar refractivity (Wildman–Crippen MR) is 36.0 cm³/mol. The van der Waals surface area contributed by atoms with Crippen LogP contribution in [0, 0.1) is 5.92 Å². The van der Waals surface area contributed by atoms with E-state index in [1.54, 1.807) is 0 Å². The fourth-order valence-corrected chi connectivity index (χ4v) is 1.14. The molecular formula is C6H14N2O. The summed E-state index contributed by atoms with van der Waals surface area (Å²) in [6, 6.07) is -0.0752. The van der Waals surface area contributed by atoms with Crippen LogP contribution in [0.15, 0.2) is 0 Å². The van der Waals surface area contributed by atoms with Crippen LogP contribution < -0.4 is 11.1 Å². The van der Waals surface area contributed by atoms with Crippen LogP contribution in [0.2, 0.25) is 0 Å². The van der Waals surface area contributed by atoms with Crippen molar-refractivity contribution >= 4 is 0 Å². The molecule has 0 radical (unpaired) electrons. The molecule has 0 aromatic carbocycles. The average Bonchev–Trinajstić information content (AvgIpc) is 1.83. The Kier molecular flexibility index (Phi) is 2.05. The number of piperidine rings is 1. The Morgan fingerprint density at radius 3 is 2.67 bits per heavy atom. The minimum Gasteiger partial charge on any atom is -0.391 e. The molecule has 0 bridgehead atoms. The van der Waals surface area contributed by atoms with Gasteiger partial charge in [-0.2, -0.15) is 0 Å². The highest BCUT2D eigenvalue weighted by atomic mass is 16.3. The fraction of sp³-hybridized carbons (Fsp3) is 1.00. The minimum absolute atomic E-state index is 0.0752. The molecule has 4 N–H and O–H groups in total. The van der Waals surface area contributed by atoms with Crippen molar-refractivity contribution in [2.24, 2.45) is 11.7 Å². The second kappa shape index (κ2) is 2.64. The zero-order valence-corrected chi connectivity index (χ0v) is 5.67. The van der Waals surface area contributed by atoms with Gasteiger partial charge in [-0.25, -0.2) is 0 Å². The zero-order chi connectivity index (χ0) is 6.85. The Hall–Kier alpha value is -0.120. The van der Waals surface area contributed by atoms with Crippen LogP contribution in [0.3, 0.4) is 0 Å². The van der Waals surface area contributed by atoms with Crippen LogP contribution in [-0.2, 0) is 0 Å². The number of nitrogens with one attached hydrogen (secondary N) is 1. The lowest BCUT2D eigenvalue weighted by molar-refractivity contribution is 0.0694. The fourth-order valence-electron chi connectivity index (χ4n) is 1.14. The molecule has 1 aliphatic rings. The summed E-state index contributed by atoms with van der Waals surface area (Å²) < 4.78 is 0. The maximum Gasteiger partial charge on any atom is 0.0741 e. The molecule has 9 heavy (non-hydrogen) atoms. The van der Waals surface area contributed by atoms with Crippen molar-refractivity contribution in [3.05, 3.63) is 0 Å². The van der Waals surface area contributed by atoms with Crippen molar-refractivity contribution in [1.29, 1.82) is 0 Å². The summed E-state index contributed by atoms with van der Waals surface area (Å²) in [5, 5.41) is 12.4. The lowest BCUT2D eigenvalue weighted by Gasteiger charge is -2.30. The second-order valence-electron chi connectivity index (χ2n) is 2.79. The first-order valence-electron chi connectivity index (χ1n) is 3.36. The maximum absolute atomic E-state index is 9.28.